The fourth-order valence-electron chi connectivity index (χ4n) is 1.37. The summed E-state index contributed by atoms with van der Waals surface area (Å²) >= 11 is 3.27. The van der Waals surface area contributed by atoms with Crippen LogP contribution >= 0.6 is 15.9 Å². The molecule has 6 heteroatoms. The van der Waals surface area contributed by atoms with Gasteiger partial charge in [0.05, 0.1) is 10.2 Å². The van der Waals surface area contributed by atoms with Crippen molar-refractivity contribution in [2.45, 2.75) is 12.8 Å². The van der Waals surface area contributed by atoms with Crippen LogP contribution in [0.15, 0.2) is 44.7 Å². The Hall–Kier alpha value is -1.69. The van der Waals surface area contributed by atoms with E-state index < -0.39 is 0 Å². The van der Waals surface area contributed by atoms with Crippen molar-refractivity contribution in [2.75, 3.05) is 11.5 Å². The van der Waals surface area contributed by atoms with Gasteiger partial charge in [0.15, 0.2) is 5.82 Å². The summed E-state index contributed by atoms with van der Waals surface area (Å²) in [5.41, 5.74) is 12.6. The number of nitrogens with two attached hydrogens (primary N) is 2. The molecule has 1 heterocycles. The van der Waals surface area contributed by atoms with Gasteiger partial charge in [0.25, 0.3) is 0 Å². The van der Waals surface area contributed by atoms with Crippen LogP contribution in [-0.2, 0) is 0 Å². The second kappa shape index (κ2) is 5.09. The average Bonchev–Trinajstić information content (AvgIpc) is 2.33. The Morgan fingerprint density at radius 1 is 1.18 bits per heavy atom. The van der Waals surface area contributed by atoms with E-state index in [1.54, 1.807) is 6.07 Å². The van der Waals surface area contributed by atoms with Crippen LogP contribution in [0.25, 0.3) is 0 Å². The van der Waals surface area contributed by atoms with Crippen LogP contribution < -0.4 is 11.5 Å². The molecule has 0 bridgehead atoms. The predicted molar refractivity (Wildman–Crippen MR) is 71.7 cm³/mol. The quantitative estimate of drug-likeness (QED) is 0.820. The summed E-state index contributed by atoms with van der Waals surface area (Å²) in [6, 6.07) is 1.70. The third-order valence-electron chi connectivity index (χ3n) is 2.26. The Bertz CT molecular complexity index is 519. The molecule has 1 aromatic rings. The maximum absolute atomic E-state index is 5.70. The number of pyridine rings is 1. The third kappa shape index (κ3) is 2.91. The summed E-state index contributed by atoms with van der Waals surface area (Å²) in [6.45, 7) is 0. The SMILES string of the molecule is Nc1nc(N)c(N=NC2=CCCC=C2)cc1Br. The number of aromatic nitrogens is 1. The minimum absolute atomic E-state index is 0.273. The summed E-state index contributed by atoms with van der Waals surface area (Å²) in [5.74, 6) is 0.619. The van der Waals surface area contributed by atoms with Gasteiger partial charge >= 0.3 is 0 Å². The second-order valence-corrected chi connectivity index (χ2v) is 4.42. The number of nitrogens with zero attached hydrogens (tertiary/aromatic N) is 3. The van der Waals surface area contributed by atoms with Gasteiger partial charge in [-0.25, -0.2) is 4.98 Å². The summed E-state index contributed by atoms with van der Waals surface area (Å²) < 4.78 is 0.661. The van der Waals surface area contributed by atoms with Crippen LogP contribution in [0.1, 0.15) is 12.8 Å². The summed E-state index contributed by atoms with van der Waals surface area (Å²) in [4.78, 5) is 3.95. The number of hydrogen-bond acceptors (Lipinski definition) is 5. The number of allylic oxidation sites excluding steroid dienone is 3. The monoisotopic (exact) mass is 293 g/mol. The average molecular weight is 294 g/mol. The Morgan fingerprint density at radius 2 is 2.00 bits per heavy atom. The first-order valence-electron chi connectivity index (χ1n) is 5.17. The van der Waals surface area contributed by atoms with Gasteiger partial charge in [-0.1, -0.05) is 12.2 Å². The number of rotatable bonds is 2. The van der Waals surface area contributed by atoms with Crippen molar-refractivity contribution in [3.05, 3.63) is 34.5 Å². The van der Waals surface area contributed by atoms with E-state index in [9.17, 15) is 0 Å². The van der Waals surface area contributed by atoms with Crippen molar-refractivity contribution in [1.82, 2.24) is 4.98 Å². The number of azo groups is 1. The molecule has 0 aliphatic heterocycles. The summed E-state index contributed by atoms with van der Waals surface area (Å²) in [7, 11) is 0. The molecular weight excluding hydrogens is 282 g/mol. The molecule has 0 aromatic carbocycles. The van der Waals surface area contributed by atoms with Crippen LogP contribution in [0.4, 0.5) is 17.3 Å². The van der Waals surface area contributed by atoms with Crippen molar-refractivity contribution in [3.63, 3.8) is 0 Å². The molecule has 0 atom stereocenters. The number of hydrogen-bond donors (Lipinski definition) is 2. The first-order valence-corrected chi connectivity index (χ1v) is 5.96. The van der Waals surface area contributed by atoms with Gasteiger partial charge < -0.3 is 11.5 Å². The molecule has 2 rings (SSSR count). The Morgan fingerprint density at radius 3 is 2.71 bits per heavy atom. The first-order chi connectivity index (χ1) is 8.16. The lowest BCUT2D eigenvalue weighted by atomic mass is 10.2. The van der Waals surface area contributed by atoms with Gasteiger partial charge in [-0.3, -0.25) is 0 Å². The van der Waals surface area contributed by atoms with Gasteiger partial charge in [0.1, 0.15) is 11.5 Å². The Balaban J connectivity index is 2.24. The highest BCUT2D eigenvalue weighted by molar-refractivity contribution is 9.10. The molecular formula is C11H12BrN5. The molecule has 0 unspecified atom stereocenters. The van der Waals surface area contributed by atoms with E-state index in [2.05, 4.69) is 37.2 Å². The minimum atomic E-state index is 0.273. The lowest BCUT2D eigenvalue weighted by molar-refractivity contribution is 0.993. The van der Waals surface area contributed by atoms with Crippen molar-refractivity contribution in [3.8, 4) is 0 Å². The number of anilines is 2. The zero-order valence-corrected chi connectivity index (χ0v) is 10.7. The van der Waals surface area contributed by atoms with Crippen molar-refractivity contribution in [2.24, 2.45) is 10.2 Å². The van der Waals surface area contributed by atoms with E-state index in [0.717, 1.165) is 18.5 Å². The largest absolute Gasteiger partial charge is 0.383 e. The molecule has 1 aliphatic rings. The Kier molecular flexibility index (Phi) is 3.53. The van der Waals surface area contributed by atoms with E-state index in [-0.39, 0.29) is 5.82 Å². The van der Waals surface area contributed by atoms with E-state index >= 15 is 0 Å². The second-order valence-electron chi connectivity index (χ2n) is 3.57. The smallest absolute Gasteiger partial charge is 0.153 e. The fraction of sp³-hybridized carbons (Fsp3) is 0.182. The topological polar surface area (TPSA) is 89.6 Å². The first kappa shape index (κ1) is 11.8. The van der Waals surface area contributed by atoms with E-state index in [0.29, 0.717) is 16.0 Å². The summed E-state index contributed by atoms with van der Waals surface area (Å²) in [6.07, 6.45) is 8.07. The lowest BCUT2D eigenvalue weighted by Gasteiger charge is -2.03. The van der Waals surface area contributed by atoms with Gasteiger partial charge in [-0.2, -0.15) is 5.11 Å². The van der Waals surface area contributed by atoms with Crippen LogP contribution in [0.2, 0.25) is 0 Å². The molecule has 1 aliphatic carbocycles. The zero-order chi connectivity index (χ0) is 12.3. The molecule has 4 N–H and O–H groups in total. The molecule has 17 heavy (non-hydrogen) atoms. The van der Waals surface area contributed by atoms with Crippen LogP contribution in [0, 0.1) is 0 Å². The molecule has 0 radical (unpaired) electrons. The van der Waals surface area contributed by atoms with Crippen molar-refractivity contribution >= 4 is 33.3 Å². The van der Waals surface area contributed by atoms with Crippen molar-refractivity contribution in [1.29, 1.82) is 0 Å². The lowest BCUT2D eigenvalue weighted by Crippen LogP contribution is -1.97. The summed E-state index contributed by atoms with van der Waals surface area (Å²) in [5, 5.41) is 8.17. The third-order valence-corrected chi connectivity index (χ3v) is 2.90. The number of nitrogen functional groups attached to an aromatic ring is 2. The van der Waals surface area contributed by atoms with Gasteiger partial charge in [0, 0.05) is 0 Å². The minimum Gasteiger partial charge on any atom is -0.383 e. The van der Waals surface area contributed by atoms with Gasteiger partial charge in [0.2, 0.25) is 0 Å². The van der Waals surface area contributed by atoms with Crippen LogP contribution in [0.5, 0.6) is 0 Å². The zero-order valence-electron chi connectivity index (χ0n) is 9.10. The molecule has 0 fully saturated rings. The standard InChI is InChI=1S/C11H12BrN5/c12-8-6-9(11(14)15-10(8)13)17-16-7-4-2-1-3-5-7/h2,4-6H,1,3H2,(H4,13,14,15). The van der Waals surface area contributed by atoms with Crippen molar-refractivity contribution < 1.29 is 0 Å². The highest BCUT2D eigenvalue weighted by Crippen LogP contribution is 2.29. The normalized spacial score (nSPS) is 15.2. The fourth-order valence-corrected chi connectivity index (χ4v) is 1.68. The predicted octanol–water partition coefficient (Wildman–Crippen LogP) is 3.33. The maximum atomic E-state index is 5.70. The molecule has 0 saturated carbocycles. The van der Waals surface area contributed by atoms with Crippen LogP contribution in [0.3, 0.4) is 0 Å². The highest BCUT2D eigenvalue weighted by Gasteiger charge is 2.05. The molecule has 0 spiro atoms. The van der Waals surface area contributed by atoms with Gasteiger partial charge in [-0.05, 0) is 40.9 Å². The molecule has 0 saturated heterocycles. The number of halogens is 1. The Labute approximate surface area is 107 Å². The molecule has 1 aromatic heterocycles. The highest BCUT2D eigenvalue weighted by atomic mass is 79.9. The molecule has 5 nitrogen and oxygen atoms in total. The van der Waals surface area contributed by atoms with Crippen LogP contribution in [-0.4, -0.2) is 4.98 Å². The van der Waals surface area contributed by atoms with Gasteiger partial charge in [-0.15, -0.1) is 5.11 Å². The van der Waals surface area contributed by atoms with E-state index in [4.69, 9.17) is 11.5 Å². The molecule has 88 valence electrons. The van der Waals surface area contributed by atoms with E-state index in [1.807, 2.05) is 12.2 Å². The molecule has 0 amide bonds. The van der Waals surface area contributed by atoms with E-state index in [1.165, 1.54) is 0 Å². The maximum Gasteiger partial charge on any atom is 0.153 e.